The summed E-state index contributed by atoms with van der Waals surface area (Å²) in [6, 6.07) is 2.00. The second-order valence-electron chi connectivity index (χ2n) is 8.43. The van der Waals surface area contributed by atoms with Crippen LogP contribution >= 0.6 is 11.3 Å². The Kier molecular flexibility index (Phi) is 4.85. The van der Waals surface area contributed by atoms with Crippen LogP contribution in [-0.2, 0) is 24.2 Å². The number of hydrogen-bond donors (Lipinski definition) is 2. The number of aromatic amines is 1. The molecule has 8 nitrogen and oxygen atoms in total. The summed E-state index contributed by atoms with van der Waals surface area (Å²) in [5.41, 5.74) is 3.18. The van der Waals surface area contributed by atoms with Crippen molar-refractivity contribution in [3.8, 4) is 0 Å². The van der Waals surface area contributed by atoms with E-state index in [4.69, 9.17) is 0 Å². The molecule has 0 saturated heterocycles. The van der Waals surface area contributed by atoms with E-state index in [1.807, 2.05) is 31.9 Å². The molecular weight excluding hydrogens is 412 g/mol. The van der Waals surface area contributed by atoms with Gasteiger partial charge in [-0.25, -0.2) is 9.97 Å². The Balaban J connectivity index is 1.49. The third kappa shape index (κ3) is 3.42. The largest absolute Gasteiger partial charge is 0.343 e. The number of rotatable bonds is 4. The van der Waals surface area contributed by atoms with Crippen LogP contribution in [0.1, 0.15) is 42.0 Å². The van der Waals surface area contributed by atoms with Gasteiger partial charge in [0.2, 0.25) is 5.91 Å². The van der Waals surface area contributed by atoms with Crippen molar-refractivity contribution >= 4 is 45.2 Å². The Labute approximate surface area is 183 Å². The van der Waals surface area contributed by atoms with Crippen molar-refractivity contribution in [1.29, 1.82) is 0 Å². The van der Waals surface area contributed by atoms with Gasteiger partial charge in [-0.3, -0.25) is 14.6 Å². The fourth-order valence-corrected chi connectivity index (χ4v) is 5.51. The zero-order chi connectivity index (χ0) is 21.7. The number of aromatic nitrogens is 3. The molecule has 2 aliphatic rings. The normalized spacial score (nSPS) is 17.1. The van der Waals surface area contributed by atoms with Crippen LogP contribution in [0.5, 0.6) is 0 Å². The van der Waals surface area contributed by atoms with Crippen LogP contribution in [0.3, 0.4) is 0 Å². The van der Waals surface area contributed by atoms with Crippen molar-refractivity contribution in [2.24, 2.45) is 10.9 Å². The molecule has 1 aliphatic heterocycles. The average Bonchev–Trinajstić information content (AvgIpc) is 3.36. The number of aryl methyl sites for hydroxylation is 1. The zero-order valence-electron chi connectivity index (χ0n) is 17.7. The van der Waals surface area contributed by atoms with Crippen LogP contribution in [-0.4, -0.2) is 45.1 Å². The van der Waals surface area contributed by atoms with Crippen LogP contribution in [0, 0.1) is 5.92 Å². The molecule has 31 heavy (non-hydrogen) atoms. The molecule has 160 valence electrons. The van der Waals surface area contributed by atoms with Crippen molar-refractivity contribution < 1.29 is 4.79 Å². The smallest absolute Gasteiger partial charge is 0.271 e. The molecule has 0 aromatic carbocycles. The minimum atomic E-state index is -0.192. The Morgan fingerprint density at radius 1 is 1.35 bits per heavy atom. The number of aliphatic imine (C=N–C) groups is 1. The van der Waals surface area contributed by atoms with E-state index in [-0.39, 0.29) is 23.4 Å². The molecule has 0 fully saturated rings. The summed E-state index contributed by atoms with van der Waals surface area (Å²) in [7, 11) is 1.87. The van der Waals surface area contributed by atoms with Crippen molar-refractivity contribution in [2.75, 3.05) is 12.4 Å². The molecular formula is C22H24N6O2S. The quantitative estimate of drug-likeness (QED) is 0.654. The van der Waals surface area contributed by atoms with Gasteiger partial charge in [-0.15, -0.1) is 11.3 Å². The molecule has 0 spiro atoms. The summed E-state index contributed by atoms with van der Waals surface area (Å²) < 4.78 is 0. The highest BCUT2D eigenvalue weighted by Gasteiger charge is 2.31. The number of carbonyl (C=O) groups excluding carboxylic acids is 1. The Morgan fingerprint density at radius 2 is 2.19 bits per heavy atom. The highest BCUT2D eigenvalue weighted by Crippen LogP contribution is 2.40. The predicted molar refractivity (Wildman–Crippen MR) is 122 cm³/mol. The molecule has 3 aromatic rings. The van der Waals surface area contributed by atoms with Crippen molar-refractivity contribution in [3.05, 3.63) is 44.4 Å². The van der Waals surface area contributed by atoms with E-state index in [1.54, 1.807) is 17.6 Å². The van der Waals surface area contributed by atoms with Crippen LogP contribution in [0.15, 0.2) is 22.2 Å². The van der Waals surface area contributed by atoms with Gasteiger partial charge in [0.05, 0.1) is 11.9 Å². The minimum Gasteiger partial charge on any atom is -0.343 e. The molecule has 0 radical (unpaired) electrons. The number of pyridine rings is 1. The number of amides is 1. The third-order valence-corrected chi connectivity index (χ3v) is 7.37. The SMILES string of the molecule is CC(C)N(C)C(=O)[C@H]1CCc2c(sc3ncnc(Nc4cc5c([nH]c4=O)CN=C5)c23)C1. The topological polar surface area (TPSA) is 103 Å². The van der Waals surface area contributed by atoms with Gasteiger partial charge in [-0.05, 0) is 44.7 Å². The number of nitrogens with one attached hydrogen (secondary N) is 2. The van der Waals surface area contributed by atoms with E-state index >= 15 is 0 Å². The summed E-state index contributed by atoms with van der Waals surface area (Å²) in [5, 5.41) is 4.18. The number of thiophene rings is 1. The Morgan fingerprint density at radius 3 is 3.00 bits per heavy atom. The van der Waals surface area contributed by atoms with Crippen LogP contribution < -0.4 is 10.9 Å². The van der Waals surface area contributed by atoms with Gasteiger partial charge < -0.3 is 15.2 Å². The van der Waals surface area contributed by atoms with E-state index < -0.39 is 0 Å². The lowest BCUT2D eigenvalue weighted by molar-refractivity contribution is -0.136. The molecule has 1 atom stereocenters. The Hall–Kier alpha value is -3.07. The number of nitrogens with zero attached hydrogens (tertiary/aromatic N) is 4. The first-order valence-corrected chi connectivity index (χ1v) is 11.3. The maximum atomic E-state index is 12.8. The predicted octanol–water partition coefficient (Wildman–Crippen LogP) is 3.03. The lowest BCUT2D eigenvalue weighted by Crippen LogP contribution is -2.39. The summed E-state index contributed by atoms with van der Waals surface area (Å²) in [6.45, 7) is 4.57. The number of anilines is 2. The first-order chi connectivity index (χ1) is 14.9. The molecule has 2 N–H and O–H groups in total. The van der Waals surface area contributed by atoms with Gasteiger partial charge in [0.1, 0.15) is 22.7 Å². The van der Waals surface area contributed by atoms with E-state index in [0.29, 0.717) is 18.1 Å². The molecule has 9 heteroatoms. The summed E-state index contributed by atoms with van der Waals surface area (Å²) >= 11 is 1.62. The van der Waals surface area contributed by atoms with Gasteiger partial charge in [0.15, 0.2) is 0 Å². The van der Waals surface area contributed by atoms with Gasteiger partial charge in [0.25, 0.3) is 5.56 Å². The summed E-state index contributed by atoms with van der Waals surface area (Å²) in [6.07, 6.45) is 5.61. The number of H-pyrrole nitrogens is 1. The molecule has 0 saturated carbocycles. The lowest BCUT2D eigenvalue weighted by atomic mass is 9.86. The second-order valence-corrected chi connectivity index (χ2v) is 9.51. The number of carbonyl (C=O) groups is 1. The lowest BCUT2D eigenvalue weighted by Gasteiger charge is -2.29. The monoisotopic (exact) mass is 436 g/mol. The molecule has 0 bridgehead atoms. The van der Waals surface area contributed by atoms with E-state index in [1.165, 1.54) is 16.8 Å². The van der Waals surface area contributed by atoms with Gasteiger partial charge in [-0.2, -0.15) is 0 Å². The first kappa shape index (κ1) is 19.9. The maximum absolute atomic E-state index is 12.8. The highest BCUT2D eigenvalue weighted by atomic mass is 32.1. The molecule has 5 rings (SSSR count). The van der Waals surface area contributed by atoms with Gasteiger partial charge in [0, 0.05) is 41.4 Å². The van der Waals surface area contributed by atoms with E-state index in [2.05, 4.69) is 25.3 Å². The molecule has 1 amide bonds. The van der Waals surface area contributed by atoms with Gasteiger partial charge in [-0.1, -0.05) is 0 Å². The summed E-state index contributed by atoms with van der Waals surface area (Å²) in [4.78, 5) is 45.3. The first-order valence-electron chi connectivity index (χ1n) is 10.5. The second kappa shape index (κ2) is 7.56. The van der Waals surface area contributed by atoms with Crippen LogP contribution in [0.25, 0.3) is 10.2 Å². The highest BCUT2D eigenvalue weighted by molar-refractivity contribution is 7.19. The number of hydrogen-bond acceptors (Lipinski definition) is 7. The molecule has 4 heterocycles. The molecule has 0 unspecified atom stereocenters. The fraction of sp³-hybridized carbons (Fsp3) is 0.409. The molecule has 1 aliphatic carbocycles. The third-order valence-electron chi connectivity index (χ3n) is 6.21. The number of fused-ring (bicyclic) bond motifs is 4. The van der Waals surface area contributed by atoms with E-state index in [0.717, 1.165) is 40.7 Å². The van der Waals surface area contributed by atoms with Crippen LogP contribution in [0.2, 0.25) is 0 Å². The fourth-order valence-electron chi connectivity index (χ4n) is 4.24. The van der Waals surface area contributed by atoms with Crippen molar-refractivity contribution in [1.82, 2.24) is 19.9 Å². The standard InChI is InChI=1S/C22H24N6O2S/c1-11(2)28(3)22(30)12-4-5-14-17(7-12)31-21-18(14)19(24-10-25-21)26-15-6-13-8-23-9-16(13)27-20(15)29/h6,8,10-12H,4-5,7,9H2,1-3H3,(H,27,29)(H,24,25,26)/t12-/m0/s1. The van der Waals surface area contributed by atoms with Crippen molar-refractivity contribution in [3.63, 3.8) is 0 Å². The van der Waals surface area contributed by atoms with Crippen LogP contribution in [0.4, 0.5) is 11.5 Å². The van der Waals surface area contributed by atoms with Gasteiger partial charge >= 0.3 is 0 Å². The zero-order valence-corrected chi connectivity index (χ0v) is 18.5. The van der Waals surface area contributed by atoms with E-state index in [9.17, 15) is 9.59 Å². The molecule has 3 aromatic heterocycles. The maximum Gasteiger partial charge on any atom is 0.271 e. The average molecular weight is 437 g/mol. The summed E-state index contributed by atoms with van der Waals surface area (Å²) in [5.74, 6) is 0.831. The Bertz CT molecular complexity index is 1270. The van der Waals surface area contributed by atoms with Crippen molar-refractivity contribution in [2.45, 2.75) is 45.7 Å². The minimum absolute atomic E-state index is 0.00354.